The Morgan fingerprint density at radius 2 is 1.90 bits per heavy atom. The van der Waals surface area contributed by atoms with Gasteiger partial charge in [-0.05, 0) is 31.0 Å². The molecule has 2 rings (SSSR count). The van der Waals surface area contributed by atoms with Crippen LogP contribution in [-0.2, 0) is 6.61 Å². The van der Waals surface area contributed by atoms with Gasteiger partial charge in [-0.3, -0.25) is 10.1 Å². The van der Waals surface area contributed by atoms with E-state index in [0.717, 1.165) is 16.9 Å². The molecule has 0 amide bonds. The molecule has 0 bridgehead atoms. The summed E-state index contributed by atoms with van der Waals surface area (Å²) in [4.78, 5) is 10.3. The third-order valence-corrected chi connectivity index (χ3v) is 3.31. The monoisotopic (exact) mass is 272 g/mol. The van der Waals surface area contributed by atoms with Gasteiger partial charge in [-0.2, -0.15) is 0 Å². The maximum atomic E-state index is 10.8. The summed E-state index contributed by atoms with van der Waals surface area (Å²) in [5.74, 6) is 0.760. The van der Waals surface area contributed by atoms with E-state index in [1.165, 1.54) is 6.07 Å². The number of para-hydroxylation sites is 1. The second-order valence-electron chi connectivity index (χ2n) is 4.59. The molecule has 0 heterocycles. The third-order valence-electron chi connectivity index (χ3n) is 3.31. The van der Waals surface area contributed by atoms with Crippen molar-refractivity contribution in [2.24, 2.45) is 0 Å². The van der Waals surface area contributed by atoms with Gasteiger partial charge < -0.3 is 10.5 Å². The number of nitrogens with two attached hydrogens (primary N) is 1. The van der Waals surface area contributed by atoms with Gasteiger partial charge in [0.1, 0.15) is 18.0 Å². The lowest BCUT2D eigenvalue weighted by molar-refractivity contribution is -0.384. The lowest BCUT2D eigenvalue weighted by Gasteiger charge is -2.12. The fraction of sp³-hybridized carbons (Fsp3) is 0.200. The molecule has 0 unspecified atom stereocenters. The average molecular weight is 272 g/mol. The van der Waals surface area contributed by atoms with Gasteiger partial charge in [0.15, 0.2) is 0 Å². The van der Waals surface area contributed by atoms with Crippen molar-refractivity contribution in [3.63, 3.8) is 0 Å². The lowest BCUT2D eigenvalue weighted by Crippen LogP contribution is -2.04. The smallest absolute Gasteiger partial charge is 0.292 e. The highest BCUT2D eigenvalue weighted by atomic mass is 16.6. The van der Waals surface area contributed by atoms with Crippen LogP contribution in [0.15, 0.2) is 36.4 Å². The number of anilines is 1. The molecule has 0 atom stereocenters. The Morgan fingerprint density at radius 3 is 2.60 bits per heavy atom. The second-order valence-corrected chi connectivity index (χ2v) is 4.59. The molecule has 0 spiro atoms. The van der Waals surface area contributed by atoms with Crippen LogP contribution in [0.5, 0.6) is 5.75 Å². The number of aryl methyl sites for hydroxylation is 1. The highest BCUT2D eigenvalue weighted by molar-refractivity contribution is 5.62. The van der Waals surface area contributed by atoms with Crippen molar-refractivity contribution in [3.05, 3.63) is 63.2 Å². The van der Waals surface area contributed by atoms with Crippen LogP contribution >= 0.6 is 0 Å². The summed E-state index contributed by atoms with van der Waals surface area (Å²) in [6.07, 6.45) is 0. The first-order valence-electron chi connectivity index (χ1n) is 6.21. The molecule has 0 aliphatic carbocycles. The Bertz CT molecular complexity index is 654. The summed E-state index contributed by atoms with van der Waals surface area (Å²) in [6.45, 7) is 4.18. The van der Waals surface area contributed by atoms with E-state index in [4.69, 9.17) is 10.5 Å². The molecule has 5 nitrogen and oxygen atoms in total. The summed E-state index contributed by atoms with van der Waals surface area (Å²) < 4.78 is 5.72. The first kappa shape index (κ1) is 13.9. The van der Waals surface area contributed by atoms with Crippen molar-refractivity contribution < 1.29 is 9.66 Å². The van der Waals surface area contributed by atoms with E-state index in [1.807, 2.05) is 32.0 Å². The van der Waals surface area contributed by atoms with Crippen molar-refractivity contribution in [2.45, 2.75) is 20.5 Å². The maximum Gasteiger partial charge on any atom is 0.292 e. The number of nitro groups is 1. The van der Waals surface area contributed by atoms with Gasteiger partial charge in [0.2, 0.25) is 0 Å². The molecule has 20 heavy (non-hydrogen) atoms. The predicted molar refractivity (Wildman–Crippen MR) is 77.8 cm³/mol. The van der Waals surface area contributed by atoms with Gasteiger partial charge in [0.25, 0.3) is 5.69 Å². The molecule has 0 aliphatic heterocycles. The summed E-state index contributed by atoms with van der Waals surface area (Å²) >= 11 is 0. The van der Waals surface area contributed by atoms with E-state index in [-0.39, 0.29) is 18.0 Å². The summed E-state index contributed by atoms with van der Waals surface area (Å²) in [7, 11) is 0. The molecular weight excluding hydrogens is 256 g/mol. The van der Waals surface area contributed by atoms with E-state index in [9.17, 15) is 10.1 Å². The van der Waals surface area contributed by atoms with Gasteiger partial charge in [-0.1, -0.05) is 24.3 Å². The SMILES string of the molecule is Cc1cccc(OCc2cccc([N+](=O)[O-])c2N)c1C. The van der Waals surface area contributed by atoms with E-state index in [1.54, 1.807) is 12.1 Å². The summed E-state index contributed by atoms with van der Waals surface area (Å²) in [6, 6.07) is 10.5. The van der Waals surface area contributed by atoms with Crippen molar-refractivity contribution in [1.29, 1.82) is 0 Å². The first-order valence-corrected chi connectivity index (χ1v) is 6.21. The van der Waals surface area contributed by atoms with Crippen LogP contribution in [0, 0.1) is 24.0 Å². The maximum absolute atomic E-state index is 10.8. The van der Waals surface area contributed by atoms with Gasteiger partial charge in [-0.25, -0.2) is 0 Å². The molecule has 5 heteroatoms. The van der Waals surface area contributed by atoms with Crippen LogP contribution in [0.25, 0.3) is 0 Å². The van der Waals surface area contributed by atoms with Crippen molar-refractivity contribution in [2.75, 3.05) is 5.73 Å². The molecule has 2 N–H and O–H groups in total. The Balaban J connectivity index is 2.21. The quantitative estimate of drug-likeness (QED) is 0.525. The lowest BCUT2D eigenvalue weighted by atomic mass is 10.1. The summed E-state index contributed by atoms with van der Waals surface area (Å²) in [5.41, 5.74) is 8.66. The van der Waals surface area contributed by atoms with Crippen LogP contribution in [-0.4, -0.2) is 4.92 Å². The van der Waals surface area contributed by atoms with Crippen LogP contribution in [0.4, 0.5) is 11.4 Å². The topological polar surface area (TPSA) is 78.4 Å². The minimum atomic E-state index is -0.489. The fourth-order valence-electron chi connectivity index (χ4n) is 1.92. The number of nitrogens with zero attached hydrogens (tertiary/aromatic N) is 1. The highest BCUT2D eigenvalue weighted by Crippen LogP contribution is 2.27. The Hall–Kier alpha value is -2.56. The molecule has 0 saturated carbocycles. The normalized spacial score (nSPS) is 10.3. The standard InChI is InChI=1S/C15H16N2O3/c1-10-5-3-8-14(11(10)2)20-9-12-6-4-7-13(15(12)16)17(18)19/h3-8H,9,16H2,1-2H3. The van der Waals surface area contributed by atoms with Crippen molar-refractivity contribution in [3.8, 4) is 5.75 Å². The number of nitro benzene ring substituents is 1. The molecule has 0 aliphatic rings. The zero-order chi connectivity index (χ0) is 14.7. The zero-order valence-corrected chi connectivity index (χ0v) is 11.4. The number of benzene rings is 2. The minimum Gasteiger partial charge on any atom is -0.489 e. The summed E-state index contributed by atoms with van der Waals surface area (Å²) in [5, 5.41) is 10.8. The highest BCUT2D eigenvalue weighted by Gasteiger charge is 2.14. The molecule has 104 valence electrons. The molecule has 0 aromatic heterocycles. The first-order chi connectivity index (χ1) is 9.50. The molecule has 2 aromatic rings. The minimum absolute atomic E-state index is 0.0907. The van der Waals surface area contributed by atoms with E-state index in [0.29, 0.717) is 5.56 Å². The van der Waals surface area contributed by atoms with Gasteiger partial charge >= 0.3 is 0 Å². The molecular formula is C15H16N2O3. The third kappa shape index (κ3) is 2.71. The van der Waals surface area contributed by atoms with Crippen LogP contribution in [0.1, 0.15) is 16.7 Å². The number of nitrogen functional groups attached to an aromatic ring is 1. The van der Waals surface area contributed by atoms with E-state index < -0.39 is 4.92 Å². The Kier molecular flexibility index (Phi) is 3.89. The second kappa shape index (κ2) is 5.61. The number of rotatable bonds is 4. The zero-order valence-electron chi connectivity index (χ0n) is 11.4. The molecule has 0 saturated heterocycles. The van der Waals surface area contributed by atoms with E-state index >= 15 is 0 Å². The van der Waals surface area contributed by atoms with Crippen LogP contribution in [0.2, 0.25) is 0 Å². The fourth-order valence-corrected chi connectivity index (χ4v) is 1.92. The molecule has 0 fully saturated rings. The van der Waals surface area contributed by atoms with Crippen molar-refractivity contribution in [1.82, 2.24) is 0 Å². The molecule has 0 radical (unpaired) electrons. The van der Waals surface area contributed by atoms with Gasteiger partial charge in [-0.15, -0.1) is 0 Å². The molecule has 2 aromatic carbocycles. The van der Waals surface area contributed by atoms with E-state index in [2.05, 4.69) is 0 Å². The average Bonchev–Trinajstić information content (AvgIpc) is 2.41. The Morgan fingerprint density at radius 1 is 1.20 bits per heavy atom. The number of ether oxygens (including phenoxy) is 1. The number of hydrogen-bond acceptors (Lipinski definition) is 4. The predicted octanol–water partition coefficient (Wildman–Crippen LogP) is 3.37. The van der Waals surface area contributed by atoms with Crippen LogP contribution in [0.3, 0.4) is 0 Å². The van der Waals surface area contributed by atoms with Crippen molar-refractivity contribution >= 4 is 11.4 Å². The van der Waals surface area contributed by atoms with Crippen LogP contribution < -0.4 is 10.5 Å². The Labute approximate surface area is 117 Å². The van der Waals surface area contributed by atoms with Gasteiger partial charge in [0.05, 0.1) is 4.92 Å². The largest absolute Gasteiger partial charge is 0.489 e. The van der Waals surface area contributed by atoms with Gasteiger partial charge in [0, 0.05) is 11.6 Å². The number of hydrogen-bond donors (Lipinski definition) is 1.